The fourth-order valence-electron chi connectivity index (χ4n) is 1.63. The summed E-state index contributed by atoms with van der Waals surface area (Å²) in [4.78, 5) is 10.3. The van der Waals surface area contributed by atoms with E-state index in [4.69, 9.17) is 5.11 Å². The van der Waals surface area contributed by atoms with Gasteiger partial charge in [-0.2, -0.15) is 0 Å². The first-order chi connectivity index (χ1) is 8.99. The molecule has 0 unspecified atom stereocenters. The summed E-state index contributed by atoms with van der Waals surface area (Å²) in [6, 6.07) is 15.5. The van der Waals surface area contributed by atoms with Gasteiger partial charge in [0, 0.05) is 0 Å². The predicted molar refractivity (Wildman–Crippen MR) is 70.2 cm³/mol. The first-order valence-corrected chi connectivity index (χ1v) is 6.88. The molecule has 1 amide bonds. The summed E-state index contributed by atoms with van der Waals surface area (Å²) in [7, 11) is -4.01. The first kappa shape index (κ1) is 13.1. The molecule has 0 aliphatic rings. The minimum absolute atomic E-state index is 0.0884. The number of benzene rings is 2. The second-order valence-corrected chi connectivity index (χ2v) is 5.48. The Bertz CT molecular complexity index is 678. The summed E-state index contributed by atoms with van der Waals surface area (Å²) >= 11 is 0. The SMILES string of the molecule is O=C(O)NS(=O)(=O)c1ccc(-c2ccccc2)cc1. The number of carboxylic acid groups (broad SMARTS) is 1. The van der Waals surface area contributed by atoms with Gasteiger partial charge >= 0.3 is 6.09 Å². The molecule has 0 saturated heterocycles. The number of nitrogens with one attached hydrogen (secondary N) is 1. The standard InChI is InChI=1S/C13H11NO4S/c15-13(16)14-19(17,18)12-8-6-11(7-9-12)10-4-2-1-3-5-10/h1-9,14H,(H,15,16). The van der Waals surface area contributed by atoms with E-state index in [-0.39, 0.29) is 4.90 Å². The fourth-order valence-corrected chi connectivity index (χ4v) is 2.47. The minimum Gasteiger partial charge on any atom is -0.464 e. The second-order valence-electron chi connectivity index (χ2n) is 3.80. The molecular formula is C13H11NO4S. The van der Waals surface area contributed by atoms with Gasteiger partial charge in [-0.15, -0.1) is 0 Å². The lowest BCUT2D eigenvalue weighted by Crippen LogP contribution is -2.28. The molecule has 0 saturated carbocycles. The Morgan fingerprint density at radius 2 is 1.42 bits per heavy atom. The van der Waals surface area contributed by atoms with E-state index in [1.54, 1.807) is 12.1 Å². The van der Waals surface area contributed by atoms with E-state index in [9.17, 15) is 13.2 Å². The van der Waals surface area contributed by atoms with Crippen molar-refractivity contribution in [3.63, 3.8) is 0 Å². The van der Waals surface area contributed by atoms with Crippen molar-refractivity contribution >= 4 is 16.1 Å². The van der Waals surface area contributed by atoms with Gasteiger partial charge in [0.1, 0.15) is 0 Å². The lowest BCUT2D eigenvalue weighted by Gasteiger charge is -2.05. The maximum absolute atomic E-state index is 11.6. The number of hydrogen-bond donors (Lipinski definition) is 2. The van der Waals surface area contributed by atoms with Crippen LogP contribution in [0.5, 0.6) is 0 Å². The summed E-state index contributed by atoms with van der Waals surface area (Å²) < 4.78 is 24.7. The molecule has 0 aliphatic carbocycles. The van der Waals surface area contributed by atoms with E-state index in [2.05, 4.69) is 0 Å². The number of amides is 1. The van der Waals surface area contributed by atoms with Gasteiger partial charge in [0.25, 0.3) is 10.0 Å². The smallest absolute Gasteiger partial charge is 0.418 e. The molecule has 0 atom stereocenters. The van der Waals surface area contributed by atoms with Crippen LogP contribution in [0.25, 0.3) is 11.1 Å². The molecule has 19 heavy (non-hydrogen) atoms. The van der Waals surface area contributed by atoms with Gasteiger partial charge < -0.3 is 5.11 Å². The van der Waals surface area contributed by atoms with Gasteiger partial charge in [0.15, 0.2) is 0 Å². The quantitative estimate of drug-likeness (QED) is 0.901. The largest absolute Gasteiger partial charge is 0.464 e. The molecule has 0 bridgehead atoms. The third-order valence-corrected chi connectivity index (χ3v) is 3.83. The van der Waals surface area contributed by atoms with Crippen molar-refractivity contribution in [2.24, 2.45) is 0 Å². The molecule has 2 N–H and O–H groups in total. The lowest BCUT2D eigenvalue weighted by molar-refractivity contribution is 0.201. The molecule has 0 heterocycles. The fraction of sp³-hybridized carbons (Fsp3) is 0. The summed E-state index contributed by atoms with van der Waals surface area (Å²) in [6.07, 6.45) is -1.60. The second kappa shape index (κ2) is 5.11. The Balaban J connectivity index is 2.32. The minimum atomic E-state index is -4.01. The molecule has 5 nitrogen and oxygen atoms in total. The van der Waals surface area contributed by atoms with Crippen LogP contribution in [0.2, 0.25) is 0 Å². The lowest BCUT2D eigenvalue weighted by atomic mass is 10.1. The summed E-state index contributed by atoms with van der Waals surface area (Å²) in [5.41, 5.74) is 1.81. The Morgan fingerprint density at radius 1 is 0.895 bits per heavy atom. The van der Waals surface area contributed by atoms with Crippen molar-refractivity contribution in [3.05, 3.63) is 54.6 Å². The molecule has 2 aromatic carbocycles. The van der Waals surface area contributed by atoms with Crippen LogP contribution in [0, 0.1) is 0 Å². The highest BCUT2D eigenvalue weighted by Crippen LogP contribution is 2.20. The Kier molecular flexibility index (Phi) is 3.52. The van der Waals surface area contributed by atoms with Crippen LogP contribution in [-0.4, -0.2) is 19.6 Å². The Labute approximate surface area is 110 Å². The van der Waals surface area contributed by atoms with E-state index >= 15 is 0 Å². The first-order valence-electron chi connectivity index (χ1n) is 5.40. The van der Waals surface area contributed by atoms with Crippen molar-refractivity contribution in [2.75, 3.05) is 0 Å². The third kappa shape index (κ3) is 3.11. The number of hydrogen-bond acceptors (Lipinski definition) is 3. The van der Waals surface area contributed by atoms with Crippen molar-refractivity contribution in [2.45, 2.75) is 4.90 Å². The number of carbonyl (C=O) groups is 1. The molecule has 0 spiro atoms. The Morgan fingerprint density at radius 3 is 1.95 bits per heavy atom. The van der Waals surface area contributed by atoms with Crippen molar-refractivity contribution < 1.29 is 18.3 Å². The van der Waals surface area contributed by atoms with Gasteiger partial charge in [-0.1, -0.05) is 42.5 Å². The molecular weight excluding hydrogens is 266 g/mol. The Hall–Kier alpha value is -2.34. The molecule has 98 valence electrons. The topological polar surface area (TPSA) is 83.5 Å². The summed E-state index contributed by atoms with van der Waals surface area (Å²) in [6.45, 7) is 0. The summed E-state index contributed by atoms with van der Waals surface area (Å²) in [5.74, 6) is 0. The third-order valence-electron chi connectivity index (χ3n) is 2.49. The van der Waals surface area contributed by atoms with Gasteiger partial charge in [-0.25, -0.2) is 17.9 Å². The van der Waals surface area contributed by atoms with Gasteiger partial charge in [0.05, 0.1) is 4.90 Å². The van der Waals surface area contributed by atoms with Crippen LogP contribution in [0.3, 0.4) is 0 Å². The van der Waals surface area contributed by atoms with Crippen LogP contribution < -0.4 is 4.72 Å². The molecule has 0 fully saturated rings. The highest BCUT2D eigenvalue weighted by atomic mass is 32.2. The maximum atomic E-state index is 11.6. The maximum Gasteiger partial charge on any atom is 0.418 e. The van der Waals surface area contributed by atoms with Gasteiger partial charge in [-0.05, 0) is 23.3 Å². The van der Waals surface area contributed by atoms with E-state index < -0.39 is 16.1 Å². The predicted octanol–water partition coefficient (Wildman–Crippen LogP) is 2.31. The van der Waals surface area contributed by atoms with Crippen molar-refractivity contribution in [1.82, 2.24) is 4.72 Å². The summed E-state index contributed by atoms with van der Waals surface area (Å²) in [5, 5.41) is 8.45. The van der Waals surface area contributed by atoms with Crippen LogP contribution >= 0.6 is 0 Å². The molecule has 0 aliphatic heterocycles. The van der Waals surface area contributed by atoms with E-state index in [1.165, 1.54) is 16.9 Å². The van der Waals surface area contributed by atoms with E-state index in [0.29, 0.717) is 0 Å². The number of sulfonamides is 1. The van der Waals surface area contributed by atoms with Crippen LogP contribution in [0.15, 0.2) is 59.5 Å². The van der Waals surface area contributed by atoms with E-state index in [1.807, 2.05) is 30.3 Å². The normalized spacial score (nSPS) is 10.9. The van der Waals surface area contributed by atoms with Crippen LogP contribution in [-0.2, 0) is 10.0 Å². The molecule has 2 aromatic rings. The molecule has 0 aromatic heterocycles. The molecule has 2 rings (SSSR count). The van der Waals surface area contributed by atoms with Gasteiger partial charge in [-0.3, -0.25) is 0 Å². The van der Waals surface area contributed by atoms with E-state index in [0.717, 1.165) is 11.1 Å². The van der Waals surface area contributed by atoms with Crippen LogP contribution in [0.4, 0.5) is 4.79 Å². The zero-order chi connectivity index (χ0) is 13.9. The monoisotopic (exact) mass is 277 g/mol. The average molecular weight is 277 g/mol. The van der Waals surface area contributed by atoms with Crippen molar-refractivity contribution in [3.8, 4) is 11.1 Å². The number of rotatable bonds is 3. The highest BCUT2D eigenvalue weighted by Gasteiger charge is 2.16. The average Bonchev–Trinajstić information content (AvgIpc) is 2.38. The zero-order valence-corrected chi connectivity index (χ0v) is 10.6. The highest BCUT2D eigenvalue weighted by molar-refractivity contribution is 7.90. The van der Waals surface area contributed by atoms with Crippen LogP contribution in [0.1, 0.15) is 0 Å². The van der Waals surface area contributed by atoms with Crippen molar-refractivity contribution in [1.29, 1.82) is 0 Å². The zero-order valence-electron chi connectivity index (χ0n) is 9.78. The molecule has 6 heteroatoms. The van der Waals surface area contributed by atoms with Gasteiger partial charge in [0.2, 0.25) is 0 Å². The molecule has 0 radical (unpaired) electrons.